The third-order valence-electron chi connectivity index (χ3n) is 4.91. The summed E-state index contributed by atoms with van der Waals surface area (Å²) in [6.07, 6.45) is 0.900. The zero-order valence-electron chi connectivity index (χ0n) is 15.1. The van der Waals surface area contributed by atoms with Gasteiger partial charge in [0.1, 0.15) is 6.54 Å². The summed E-state index contributed by atoms with van der Waals surface area (Å²) in [5, 5.41) is 8.34. The van der Waals surface area contributed by atoms with Crippen molar-refractivity contribution in [2.24, 2.45) is 0 Å². The van der Waals surface area contributed by atoms with Crippen LogP contribution in [0.3, 0.4) is 0 Å². The number of nitrogens with zero attached hydrogens (tertiary/aromatic N) is 3. The number of quaternary nitrogens is 1. The second kappa shape index (κ2) is 8.45. The number of rotatable bonds is 6. The summed E-state index contributed by atoms with van der Waals surface area (Å²) < 4.78 is 5.30. The number of nitrogens with one attached hydrogen (secondary N) is 1. The van der Waals surface area contributed by atoms with Crippen molar-refractivity contribution in [1.29, 1.82) is 0 Å². The van der Waals surface area contributed by atoms with Crippen molar-refractivity contribution in [2.45, 2.75) is 19.4 Å². The van der Waals surface area contributed by atoms with Gasteiger partial charge in [0.05, 0.1) is 26.2 Å². The van der Waals surface area contributed by atoms with Crippen molar-refractivity contribution in [3.05, 3.63) is 58.6 Å². The molecule has 0 bridgehead atoms. The van der Waals surface area contributed by atoms with E-state index in [1.54, 1.807) is 16.2 Å². The van der Waals surface area contributed by atoms with E-state index in [2.05, 4.69) is 27.0 Å². The Morgan fingerprint density at radius 2 is 2.00 bits per heavy atom. The molecular formula is C20H23N4O2S+. The summed E-state index contributed by atoms with van der Waals surface area (Å²) in [7, 11) is 0. The topological polar surface area (TPSA) is 63.7 Å². The van der Waals surface area contributed by atoms with Crippen molar-refractivity contribution in [2.75, 3.05) is 26.2 Å². The maximum Gasteiger partial charge on any atom is 0.227 e. The van der Waals surface area contributed by atoms with Crippen LogP contribution in [0.15, 0.2) is 51.7 Å². The molecule has 3 heterocycles. The van der Waals surface area contributed by atoms with E-state index in [1.807, 2.05) is 35.2 Å². The van der Waals surface area contributed by atoms with Gasteiger partial charge in [0.2, 0.25) is 17.6 Å². The molecule has 0 radical (unpaired) electrons. The highest BCUT2D eigenvalue weighted by Crippen LogP contribution is 2.15. The molecule has 1 aliphatic heterocycles. The quantitative estimate of drug-likeness (QED) is 0.703. The number of amides is 1. The first-order chi connectivity index (χ1) is 13.3. The summed E-state index contributed by atoms with van der Waals surface area (Å²) >= 11 is 1.74. The number of benzene rings is 1. The van der Waals surface area contributed by atoms with E-state index in [4.69, 9.17) is 4.52 Å². The molecule has 27 heavy (non-hydrogen) atoms. The van der Waals surface area contributed by atoms with Gasteiger partial charge in [0, 0.05) is 24.0 Å². The Balaban J connectivity index is 1.24. The Hall–Kier alpha value is -2.51. The molecule has 1 amide bonds. The molecule has 1 fully saturated rings. The van der Waals surface area contributed by atoms with E-state index in [1.165, 1.54) is 5.56 Å². The van der Waals surface area contributed by atoms with Gasteiger partial charge in [-0.2, -0.15) is 16.3 Å². The van der Waals surface area contributed by atoms with Crippen LogP contribution in [0.2, 0.25) is 0 Å². The van der Waals surface area contributed by atoms with Crippen LogP contribution in [-0.4, -0.2) is 47.1 Å². The second-order valence-corrected chi connectivity index (χ2v) is 7.60. The number of aromatic nitrogens is 2. The van der Waals surface area contributed by atoms with Crippen LogP contribution in [0.4, 0.5) is 0 Å². The number of piperazine rings is 1. The standard InChI is InChI=1S/C20H22N4O2S/c25-19(24-11-9-23(10-12-24)14-16-8-13-27-15-16)7-6-18-21-20(22-26-18)17-4-2-1-3-5-17/h1-5,8,13,15H,6-7,9-12,14H2/p+1. The second-order valence-electron chi connectivity index (χ2n) is 6.82. The van der Waals surface area contributed by atoms with Crippen molar-refractivity contribution in [3.8, 4) is 11.4 Å². The smallest absolute Gasteiger partial charge is 0.227 e. The molecule has 3 aromatic rings. The van der Waals surface area contributed by atoms with Gasteiger partial charge < -0.3 is 14.3 Å². The predicted octanol–water partition coefficient (Wildman–Crippen LogP) is 1.66. The van der Waals surface area contributed by atoms with Gasteiger partial charge in [-0.25, -0.2) is 0 Å². The highest BCUT2D eigenvalue weighted by atomic mass is 32.1. The molecule has 2 aromatic heterocycles. The molecule has 0 saturated carbocycles. The van der Waals surface area contributed by atoms with Crippen molar-refractivity contribution >= 4 is 17.2 Å². The van der Waals surface area contributed by atoms with Crippen molar-refractivity contribution < 1.29 is 14.2 Å². The summed E-state index contributed by atoms with van der Waals surface area (Å²) in [5.74, 6) is 1.26. The molecular weight excluding hydrogens is 360 g/mol. The maximum absolute atomic E-state index is 12.5. The van der Waals surface area contributed by atoms with Crippen LogP contribution in [-0.2, 0) is 17.8 Å². The van der Waals surface area contributed by atoms with E-state index in [0.717, 1.165) is 38.3 Å². The number of carbonyl (C=O) groups is 1. The number of hydrogen-bond acceptors (Lipinski definition) is 5. The van der Waals surface area contributed by atoms with Crippen LogP contribution in [0, 0.1) is 0 Å². The maximum atomic E-state index is 12.5. The van der Waals surface area contributed by atoms with Crippen molar-refractivity contribution in [1.82, 2.24) is 15.0 Å². The lowest BCUT2D eigenvalue weighted by atomic mass is 10.2. The summed E-state index contributed by atoms with van der Waals surface area (Å²) in [6, 6.07) is 11.9. The van der Waals surface area contributed by atoms with E-state index in [9.17, 15) is 4.79 Å². The SMILES string of the molecule is O=C(CCc1nc(-c2ccccc2)no1)N1CC[NH+](Cc2ccsc2)CC1. The highest BCUT2D eigenvalue weighted by Gasteiger charge is 2.24. The molecule has 1 aliphatic rings. The van der Waals surface area contributed by atoms with Crippen LogP contribution < -0.4 is 4.90 Å². The van der Waals surface area contributed by atoms with Gasteiger partial charge in [-0.15, -0.1) is 0 Å². The van der Waals surface area contributed by atoms with Crippen LogP contribution in [0.5, 0.6) is 0 Å². The Morgan fingerprint density at radius 1 is 1.19 bits per heavy atom. The van der Waals surface area contributed by atoms with E-state index >= 15 is 0 Å². The predicted molar refractivity (Wildman–Crippen MR) is 103 cm³/mol. The average molecular weight is 383 g/mol. The first-order valence-corrected chi connectivity index (χ1v) is 10.2. The number of aryl methyl sites for hydroxylation is 1. The normalized spacial score (nSPS) is 15.2. The molecule has 1 N–H and O–H groups in total. The highest BCUT2D eigenvalue weighted by molar-refractivity contribution is 7.07. The Labute approximate surface area is 162 Å². The summed E-state index contributed by atoms with van der Waals surface area (Å²) in [5.41, 5.74) is 2.31. The molecule has 0 unspecified atom stereocenters. The summed E-state index contributed by atoms with van der Waals surface area (Å²) in [6.45, 7) is 4.69. The minimum absolute atomic E-state index is 0.170. The van der Waals surface area contributed by atoms with Gasteiger partial charge in [-0.1, -0.05) is 35.5 Å². The Morgan fingerprint density at radius 3 is 2.74 bits per heavy atom. The molecule has 0 spiro atoms. The molecule has 140 valence electrons. The molecule has 0 atom stereocenters. The third kappa shape index (κ3) is 4.61. The monoisotopic (exact) mass is 383 g/mol. The molecule has 1 saturated heterocycles. The molecule has 7 heteroatoms. The van der Waals surface area contributed by atoms with Crippen LogP contribution in [0.1, 0.15) is 17.9 Å². The third-order valence-corrected chi connectivity index (χ3v) is 5.64. The van der Waals surface area contributed by atoms with Gasteiger partial charge in [0.25, 0.3) is 0 Å². The Bertz CT molecular complexity index is 855. The van der Waals surface area contributed by atoms with Crippen molar-refractivity contribution in [3.63, 3.8) is 0 Å². The fraction of sp³-hybridized carbons (Fsp3) is 0.350. The lowest BCUT2D eigenvalue weighted by Crippen LogP contribution is -3.13. The van der Waals surface area contributed by atoms with Gasteiger partial charge in [-0.3, -0.25) is 4.79 Å². The lowest BCUT2D eigenvalue weighted by molar-refractivity contribution is -0.917. The van der Waals surface area contributed by atoms with E-state index in [-0.39, 0.29) is 5.91 Å². The zero-order valence-corrected chi connectivity index (χ0v) is 16.0. The number of carbonyl (C=O) groups excluding carboxylic acids is 1. The van der Waals surface area contributed by atoms with E-state index in [0.29, 0.717) is 24.6 Å². The van der Waals surface area contributed by atoms with Gasteiger partial charge >= 0.3 is 0 Å². The van der Waals surface area contributed by atoms with Gasteiger partial charge in [0.15, 0.2) is 0 Å². The van der Waals surface area contributed by atoms with Crippen LogP contribution in [0.25, 0.3) is 11.4 Å². The average Bonchev–Trinajstić information content (AvgIpc) is 3.39. The largest absolute Gasteiger partial charge is 0.339 e. The van der Waals surface area contributed by atoms with E-state index < -0.39 is 0 Å². The zero-order chi connectivity index (χ0) is 18.5. The molecule has 6 nitrogen and oxygen atoms in total. The first-order valence-electron chi connectivity index (χ1n) is 9.28. The number of hydrogen-bond donors (Lipinski definition) is 1. The first kappa shape index (κ1) is 17.9. The Kier molecular flexibility index (Phi) is 5.60. The fourth-order valence-corrected chi connectivity index (χ4v) is 4.03. The summed E-state index contributed by atoms with van der Waals surface area (Å²) in [4.78, 5) is 20.4. The molecule has 1 aromatic carbocycles. The van der Waals surface area contributed by atoms with Crippen LogP contribution >= 0.6 is 11.3 Å². The van der Waals surface area contributed by atoms with Gasteiger partial charge in [-0.05, 0) is 16.8 Å². The fourth-order valence-electron chi connectivity index (χ4n) is 3.36. The number of thiophene rings is 1. The minimum Gasteiger partial charge on any atom is -0.339 e. The molecule has 4 rings (SSSR count). The molecule has 0 aliphatic carbocycles. The minimum atomic E-state index is 0.170. The lowest BCUT2D eigenvalue weighted by Gasteiger charge is -2.32.